The summed E-state index contributed by atoms with van der Waals surface area (Å²) in [6.07, 6.45) is 6.51. The molecule has 0 radical (unpaired) electrons. The smallest absolute Gasteiger partial charge is 0.344 e. The monoisotopic (exact) mass is 515 g/mol. The van der Waals surface area contributed by atoms with Gasteiger partial charge in [0.2, 0.25) is 0 Å². The first-order chi connectivity index (χ1) is 18.0. The first kappa shape index (κ1) is 25.6. The zero-order chi connectivity index (χ0) is 25.8. The molecule has 192 valence electrons. The van der Waals surface area contributed by atoms with Crippen LogP contribution in [0.15, 0.2) is 87.5 Å². The molecule has 3 aromatic rings. The fraction of sp³-hybridized carbons (Fsp3) is 0.375. The van der Waals surface area contributed by atoms with Crippen molar-refractivity contribution in [3.05, 3.63) is 83.9 Å². The number of carbonyl (C=O) groups is 2. The first-order valence-corrected chi connectivity index (χ1v) is 14.4. The largest absolute Gasteiger partial charge is 0.481 e. The van der Waals surface area contributed by atoms with Crippen molar-refractivity contribution in [2.75, 3.05) is 6.61 Å². The Morgan fingerprint density at radius 2 is 1.57 bits per heavy atom. The molecule has 0 N–H and O–H groups in total. The highest BCUT2D eigenvalue weighted by atomic mass is 32.2. The summed E-state index contributed by atoms with van der Waals surface area (Å²) in [5.41, 5.74) is 1.50. The quantitative estimate of drug-likeness (QED) is 0.187. The average molecular weight is 516 g/mol. The summed E-state index contributed by atoms with van der Waals surface area (Å²) >= 11 is 0. The van der Waals surface area contributed by atoms with Crippen molar-refractivity contribution in [1.29, 1.82) is 0 Å². The van der Waals surface area contributed by atoms with Crippen LogP contribution >= 0.6 is 0 Å². The number of aryl methyl sites for hydroxylation is 2. The second-order valence-corrected chi connectivity index (χ2v) is 12.6. The molecular formula is C32H35O4S+. The Balaban J connectivity index is 1.32. The number of esters is 1. The maximum atomic E-state index is 12.9. The molecule has 0 saturated heterocycles. The van der Waals surface area contributed by atoms with E-state index in [9.17, 15) is 9.59 Å². The minimum absolute atomic E-state index is 0.00666. The number of rotatable bonds is 8. The van der Waals surface area contributed by atoms with Gasteiger partial charge in [-0.25, -0.2) is 4.79 Å². The van der Waals surface area contributed by atoms with Crippen molar-refractivity contribution in [3.63, 3.8) is 0 Å². The van der Waals surface area contributed by atoms with E-state index in [0.717, 1.165) is 55.3 Å². The Morgan fingerprint density at radius 3 is 2.16 bits per heavy atom. The maximum absolute atomic E-state index is 12.9. The predicted molar refractivity (Wildman–Crippen MR) is 146 cm³/mol. The Labute approximate surface area is 222 Å². The molecule has 0 heterocycles. The Bertz CT molecular complexity index is 1180. The van der Waals surface area contributed by atoms with Gasteiger partial charge in [0.15, 0.2) is 21.3 Å². The molecule has 0 aliphatic heterocycles. The van der Waals surface area contributed by atoms with Gasteiger partial charge >= 0.3 is 5.97 Å². The number of hydrogen-bond donors (Lipinski definition) is 0. The molecule has 3 unspecified atom stereocenters. The van der Waals surface area contributed by atoms with Crippen molar-refractivity contribution < 1.29 is 19.1 Å². The molecule has 0 aromatic heterocycles. The van der Waals surface area contributed by atoms with E-state index in [2.05, 4.69) is 60.7 Å². The molecule has 0 amide bonds. The van der Waals surface area contributed by atoms with Crippen molar-refractivity contribution >= 4 is 23.2 Å². The third-order valence-corrected chi connectivity index (χ3v) is 9.85. The van der Waals surface area contributed by atoms with Gasteiger partial charge in [-0.1, -0.05) is 42.8 Å². The molecule has 5 rings (SSSR count). The minimum atomic E-state index is -0.499. The third kappa shape index (κ3) is 5.77. The van der Waals surface area contributed by atoms with Gasteiger partial charge in [-0.3, -0.25) is 0 Å². The molecule has 3 aromatic carbocycles. The topological polar surface area (TPSA) is 52.6 Å². The third-order valence-electron chi connectivity index (χ3n) is 7.66. The molecule has 37 heavy (non-hydrogen) atoms. The van der Waals surface area contributed by atoms with Crippen molar-refractivity contribution in [2.24, 2.45) is 11.8 Å². The van der Waals surface area contributed by atoms with E-state index < -0.39 is 5.60 Å². The second kappa shape index (κ2) is 11.1. The molecule has 2 bridgehead atoms. The number of benzene rings is 3. The lowest BCUT2D eigenvalue weighted by Crippen LogP contribution is -2.46. The summed E-state index contributed by atoms with van der Waals surface area (Å²) in [4.78, 5) is 28.1. The van der Waals surface area contributed by atoms with Crippen LogP contribution in [0.2, 0.25) is 0 Å². The molecule has 2 aliphatic rings. The van der Waals surface area contributed by atoms with Crippen molar-refractivity contribution in [2.45, 2.75) is 72.7 Å². The van der Waals surface area contributed by atoms with Crippen LogP contribution in [0.1, 0.15) is 49.7 Å². The van der Waals surface area contributed by atoms with E-state index in [0.29, 0.717) is 12.3 Å². The molecule has 2 fully saturated rings. The van der Waals surface area contributed by atoms with E-state index in [-0.39, 0.29) is 29.4 Å². The van der Waals surface area contributed by atoms with Crippen LogP contribution in [-0.4, -0.2) is 24.5 Å². The highest BCUT2D eigenvalue weighted by molar-refractivity contribution is 7.97. The van der Waals surface area contributed by atoms with Crippen LogP contribution in [0.25, 0.3) is 0 Å². The number of fused-ring (bicyclic) bond motifs is 2. The van der Waals surface area contributed by atoms with Crippen LogP contribution in [0, 0.1) is 25.7 Å². The molecule has 2 aliphatic carbocycles. The average Bonchev–Trinajstić information content (AvgIpc) is 2.89. The van der Waals surface area contributed by atoms with Gasteiger partial charge in [0.05, 0.1) is 10.9 Å². The van der Waals surface area contributed by atoms with E-state index >= 15 is 0 Å². The lowest BCUT2D eigenvalue weighted by atomic mass is 9.65. The summed E-state index contributed by atoms with van der Waals surface area (Å²) in [7, 11) is -0.245. The van der Waals surface area contributed by atoms with E-state index in [1.165, 1.54) is 14.7 Å². The number of hydrogen-bond acceptors (Lipinski definition) is 4. The number of aldehydes is 1. The van der Waals surface area contributed by atoms with E-state index in [1.807, 2.05) is 26.0 Å². The standard InChI is InChI=1S/C32H35O4S/c1-23-16-29(37(27-11-5-3-6-12-27)28-13-7-4-8-14-28)17-24(2)31(23)35-22-30(34)36-32-15-9-10-25(19-32)18-26(20-32)21-33/h3-8,11-14,16-17,21,25-26H,9-10,15,18-20,22H2,1-2H3/q+1. The van der Waals surface area contributed by atoms with E-state index in [4.69, 9.17) is 9.47 Å². The zero-order valence-corrected chi connectivity index (χ0v) is 22.5. The number of ether oxygens (including phenoxy) is 2. The second-order valence-electron chi connectivity index (χ2n) is 10.6. The SMILES string of the molecule is Cc1cc([S+](c2ccccc2)c2ccccc2)cc(C)c1OCC(=O)OC12CCCC(CC(C=O)C1)C2. The lowest BCUT2D eigenvalue weighted by Gasteiger charge is -2.46. The summed E-state index contributed by atoms with van der Waals surface area (Å²) in [6, 6.07) is 25.5. The molecule has 3 atom stereocenters. The fourth-order valence-corrected chi connectivity index (χ4v) is 8.50. The number of carbonyl (C=O) groups excluding carboxylic acids is 2. The highest BCUT2D eigenvalue weighted by Crippen LogP contribution is 2.47. The summed E-state index contributed by atoms with van der Waals surface area (Å²) in [5, 5.41) is 0. The first-order valence-electron chi connectivity index (χ1n) is 13.2. The van der Waals surface area contributed by atoms with Crippen LogP contribution in [-0.2, 0) is 25.2 Å². The van der Waals surface area contributed by atoms with Gasteiger partial charge in [0, 0.05) is 18.1 Å². The van der Waals surface area contributed by atoms with Crippen molar-refractivity contribution in [1.82, 2.24) is 0 Å². The molecule has 4 nitrogen and oxygen atoms in total. The van der Waals surface area contributed by atoms with Gasteiger partial charge < -0.3 is 14.3 Å². The van der Waals surface area contributed by atoms with E-state index in [1.54, 1.807) is 0 Å². The molecule has 0 spiro atoms. The fourth-order valence-electron chi connectivity index (χ4n) is 6.24. The summed E-state index contributed by atoms with van der Waals surface area (Å²) < 4.78 is 12.1. The maximum Gasteiger partial charge on any atom is 0.344 e. The van der Waals surface area contributed by atoms with Crippen LogP contribution in [0.4, 0.5) is 0 Å². The Morgan fingerprint density at radius 1 is 0.946 bits per heavy atom. The van der Waals surface area contributed by atoms with Gasteiger partial charge in [0.1, 0.15) is 17.6 Å². The predicted octanol–water partition coefficient (Wildman–Crippen LogP) is 6.86. The minimum Gasteiger partial charge on any atom is -0.481 e. The Hall–Kier alpha value is -3.05. The summed E-state index contributed by atoms with van der Waals surface area (Å²) in [6.45, 7) is 3.95. The molecular weight excluding hydrogens is 480 g/mol. The summed E-state index contributed by atoms with van der Waals surface area (Å²) in [5.74, 6) is 0.862. The molecule has 5 heteroatoms. The van der Waals surface area contributed by atoms with Crippen LogP contribution < -0.4 is 4.74 Å². The lowest BCUT2D eigenvalue weighted by molar-refractivity contribution is -0.175. The molecule has 2 saturated carbocycles. The van der Waals surface area contributed by atoms with Gasteiger partial charge in [-0.05, 0) is 87.3 Å². The van der Waals surface area contributed by atoms with Gasteiger partial charge in [-0.15, -0.1) is 0 Å². The normalized spacial score (nSPS) is 22.9. The van der Waals surface area contributed by atoms with Crippen LogP contribution in [0.3, 0.4) is 0 Å². The zero-order valence-electron chi connectivity index (χ0n) is 21.7. The highest BCUT2D eigenvalue weighted by Gasteiger charge is 2.46. The van der Waals surface area contributed by atoms with Crippen LogP contribution in [0.5, 0.6) is 5.75 Å². The Kier molecular flexibility index (Phi) is 7.71. The van der Waals surface area contributed by atoms with Gasteiger partial charge in [-0.2, -0.15) is 0 Å². The van der Waals surface area contributed by atoms with Crippen molar-refractivity contribution in [3.8, 4) is 5.75 Å². The van der Waals surface area contributed by atoms with Gasteiger partial charge in [0.25, 0.3) is 0 Å².